The first kappa shape index (κ1) is 18.6. The van der Waals surface area contributed by atoms with Crippen LogP contribution in [0.25, 0.3) is 0 Å². The lowest BCUT2D eigenvalue weighted by Crippen LogP contribution is -2.45. The van der Waals surface area contributed by atoms with Gasteiger partial charge in [0.1, 0.15) is 5.82 Å². The van der Waals surface area contributed by atoms with E-state index in [0.29, 0.717) is 0 Å². The van der Waals surface area contributed by atoms with Gasteiger partial charge in [-0.25, -0.2) is 9.18 Å². The lowest BCUT2D eigenvalue weighted by atomic mass is 9.99. The number of hydrogen-bond donors (Lipinski definition) is 3. The number of aliphatic carboxylic acids is 1. The Bertz CT molecular complexity index is 579. The second kappa shape index (κ2) is 7.70. The van der Waals surface area contributed by atoms with Crippen LogP contribution < -0.4 is 15.4 Å². The summed E-state index contributed by atoms with van der Waals surface area (Å²) in [5, 5.41) is 13.4. The third-order valence-corrected chi connectivity index (χ3v) is 2.82. The fourth-order valence-electron chi connectivity index (χ4n) is 1.74. The summed E-state index contributed by atoms with van der Waals surface area (Å²) in [6, 6.07) is 2.02. The number of urea groups is 1. The van der Waals surface area contributed by atoms with Crippen molar-refractivity contribution in [3.05, 3.63) is 24.0 Å². The van der Waals surface area contributed by atoms with Gasteiger partial charge in [-0.1, -0.05) is 0 Å². The second-order valence-corrected chi connectivity index (χ2v) is 5.38. The van der Waals surface area contributed by atoms with E-state index in [1.54, 1.807) is 13.8 Å². The molecule has 6 nitrogen and oxygen atoms in total. The standard InChI is InChI=1S/C14H17F3N2O4/c1-14(2,6-5-11(20)21)19-13(22)18-9-4-3-8(15)7-10(9)23-12(16)17/h3-4,7,12H,5-6H2,1-2H3,(H,20,21)(H2,18,19,22). The predicted molar refractivity (Wildman–Crippen MR) is 76.1 cm³/mol. The molecule has 0 saturated carbocycles. The Labute approximate surface area is 130 Å². The van der Waals surface area contributed by atoms with E-state index >= 15 is 0 Å². The van der Waals surface area contributed by atoms with E-state index in [-0.39, 0.29) is 18.5 Å². The molecule has 1 aromatic rings. The highest BCUT2D eigenvalue weighted by Crippen LogP contribution is 2.27. The SMILES string of the molecule is CC(C)(CCC(=O)O)NC(=O)Nc1ccc(F)cc1OC(F)F. The van der Waals surface area contributed by atoms with Crippen molar-refractivity contribution in [2.24, 2.45) is 0 Å². The Morgan fingerprint density at radius 1 is 1.35 bits per heavy atom. The molecule has 9 heteroatoms. The molecule has 3 N–H and O–H groups in total. The monoisotopic (exact) mass is 334 g/mol. The fraction of sp³-hybridized carbons (Fsp3) is 0.429. The molecule has 0 saturated heterocycles. The van der Waals surface area contributed by atoms with E-state index in [1.807, 2.05) is 0 Å². The Kier molecular flexibility index (Phi) is 6.23. The van der Waals surface area contributed by atoms with Crippen LogP contribution in [-0.4, -0.2) is 29.3 Å². The van der Waals surface area contributed by atoms with Crippen LogP contribution >= 0.6 is 0 Å². The van der Waals surface area contributed by atoms with Crippen molar-refractivity contribution >= 4 is 17.7 Å². The average Bonchev–Trinajstić information content (AvgIpc) is 2.38. The lowest BCUT2D eigenvalue weighted by molar-refractivity contribution is -0.137. The van der Waals surface area contributed by atoms with E-state index in [1.165, 1.54) is 0 Å². The first-order chi connectivity index (χ1) is 10.6. The third kappa shape index (κ3) is 6.90. The van der Waals surface area contributed by atoms with Gasteiger partial charge < -0.3 is 20.5 Å². The number of carboxylic acids is 1. The van der Waals surface area contributed by atoms with Crippen LogP contribution in [0.4, 0.5) is 23.7 Å². The number of rotatable bonds is 7. The Balaban J connectivity index is 2.75. The molecule has 1 rings (SSSR count). The highest BCUT2D eigenvalue weighted by molar-refractivity contribution is 5.91. The number of ether oxygens (including phenoxy) is 1. The van der Waals surface area contributed by atoms with Gasteiger partial charge in [-0.2, -0.15) is 8.78 Å². The number of hydrogen-bond acceptors (Lipinski definition) is 3. The molecule has 0 fully saturated rings. The molecule has 23 heavy (non-hydrogen) atoms. The molecular formula is C14H17F3N2O4. The van der Waals surface area contributed by atoms with Crippen molar-refractivity contribution in [3.8, 4) is 5.75 Å². The normalized spacial score (nSPS) is 11.2. The average molecular weight is 334 g/mol. The van der Waals surface area contributed by atoms with Crippen molar-refractivity contribution in [1.29, 1.82) is 0 Å². The summed E-state index contributed by atoms with van der Waals surface area (Å²) in [5.41, 5.74) is -0.982. The van der Waals surface area contributed by atoms with Crippen molar-refractivity contribution in [2.75, 3.05) is 5.32 Å². The fourth-order valence-corrected chi connectivity index (χ4v) is 1.74. The van der Waals surface area contributed by atoms with Gasteiger partial charge in [0.15, 0.2) is 5.75 Å². The van der Waals surface area contributed by atoms with Gasteiger partial charge >= 0.3 is 18.6 Å². The van der Waals surface area contributed by atoms with E-state index in [0.717, 1.165) is 18.2 Å². The molecule has 0 atom stereocenters. The number of carbonyl (C=O) groups is 2. The van der Waals surface area contributed by atoms with E-state index < -0.39 is 35.7 Å². The molecule has 0 bridgehead atoms. The van der Waals surface area contributed by atoms with Crippen LogP contribution in [-0.2, 0) is 4.79 Å². The summed E-state index contributed by atoms with van der Waals surface area (Å²) >= 11 is 0. The summed E-state index contributed by atoms with van der Waals surface area (Å²) in [6.07, 6.45) is 0.0170. The summed E-state index contributed by atoms with van der Waals surface area (Å²) < 4.78 is 41.8. The molecule has 0 heterocycles. The van der Waals surface area contributed by atoms with Gasteiger partial charge in [0.2, 0.25) is 0 Å². The van der Waals surface area contributed by atoms with Gasteiger partial charge in [0, 0.05) is 18.0 Å². The number of carboxylic acid groups (broad SMARTS) is 1. The summed E-state index contributed by atoms with van der Waals surface area (Å²) in [7, 11) is 0. The smallest absolute Gasteiger partial charge is 0.387 e. The number of alkyl halides is 2. The predicted octanol–water partition coefficient (Wildman–Crippen LogP) is 3.19. The van der Waals surface area contributed by atoms with Crippen molar-refractivity contribution in [2.45, 2.75) is 38.8 Å². The van der Waals surface area contributed by atoms with Crippen LogP contribution in [0.2, 0.25) is 0 Å². The zero-order valence-electron chi connectivity index (χ0n) is 12.5. The van der Waals surface area contributed by atoms with Gasteiger partial charge in [0.25, 0.3) is 0 Å². The maximum atomic E-state index is 13.1. The number of halogens is 3. The molecule has 0 radical (unpaired) electrons. The minimum absolute atomic E-state index is 0.141. The van der Waals surface area contributed by atoms with Crippen LogP contribution in [0.1, 0.15) is 26.7 Å². The number of carbonyl (C=O) groups excluding carboxylic acids is 1. The maximum absolute atomic E-state index is 13.1. The van der Waals surface area contributed by atoms with Crippen molar-refractivity contribution in [3.63, 3.8) is 0 Å². The number of benzene rings is 1. The summed E-state index contributed by atoms with van der Waals surface area (Å²) in [6.45, 7) is 0.0421. The quantitative estimate of drug-likeness (QED) is 0.714. The van der Waals surface area contributed by atoms with Crippen LogP contribution in [0.5, 0.6) is 5.75 Å². The van der Waals surface area contributed by atoms with E-state index in [9.17, 15) is 22.8 Å². The molecule has 0 unspecified atom stereocenters. The Morgan fingerprint density at radius 2 is 2.00 bits per heavy atom. The lowest BCUT2D eigenvalue weighted by Gasteiger charge is -2.26. The molecule has 0 spiro atoms. The van der Waals surface area contributed by atoms with Crippen LogP contribution in [0.3, 0.4) is 0 Å². The van der Waals surface area contributed by atoms with Gasteiger partial charge in [-0.05, 0) is 32.4 Å². The number of nitrogens with one attached hydrogen (secondary N) is 2. The molecule has 0 aliphatic carbocycles. The van der Waals surface area contributed by atoms with Crippen LogP contribution in [0, 0.1) is 5.82 Å². The van der Waals surface area contributed by atoms with Crippen molar-refractivity contribution in [1.82, 2.24) is 5.32 Å². The first-order valence-electron chi connectivity index (χ1n) is 6.64. The maximum Gasteiger partial charge on any atom is 0.387 e. The van der Waals surface area contributed by atoms with Crippen molar-refractivity contribution < 1.29 is 32.6 Å². The molecule has 128 valence electrons. The molecule has 0 aliphatic heterocycles. The van der Waals surface area contributed by atoms with Gasteiger partial charge in [-0.15, -0.1) is 0 Å². The molecule has 1 aromatic carbocycles. The highest BCUT2D eigenvalue weighted by atomic mass is 19.3. The second-order valence-electron chi connectivity index (χ2n) is 5.38. The molecule has 2 amide bonds. The number of amides is 2. The largest absolute Gasteiger partial charge is 0.481 e. The van der Waals surface area contributed by atoms with E-state index in [2.05, 4.69) is 15.4 Å². The van der Waals surface area contributed by atoms with Crippen LogP contribution in [0.15, 0.2) is 18.2 Å². The molecule has 0 aliphatic rings. The Hall–Kier alpha value is -2.45. The molecular weight excluding hydrogens is 317 g/mol. The van der Waals surface area contributed by atoms with E-state index in [4.69, 9.17) is 5.11 Å². The van der Waals surface area contributed by atoms with Gasteiger partial charge in [0.05, 0.1) is 5.69 Å². The molecule has 0 aromatic heterocycles. The number of anilines is 1. The first-order valence-corrected chi connectivity index (χ1v) is 6.64. The summed E-state index contributed by atoms with van der Waals surface area (Å²) in [5.74, 6) is -2.32. The topological polar surface area (TPSA) is 87.7 Å². The van der Waals surface area contributed by atoms with Gasteiger partial charge in [-0.3, -0.25) is 4.79 Å². The minimum atomic E-state index is -3.17. The minimum Gasteiger partial charge on any atom is -0.481 e. The Morgan fingerprint density at radius 3 is 2.57 bits per heavy atom. The third-order valence-electron chi connectivity index (χ3n) is 2.82. The highest BCUT2D eigenvalue weighted by Gasteiger charge is 2.22. The summed E-state index contributed by atoms with van der Waals surface area (Å²) in [4.78, 5) is 22.4. The zero-order valence-corrected chi connectivity index (χ0v) is 12.5. The zero-order chi connectivity index (χ0) is 17.6.